The molecular weight excluding hydrogens is 385 g/mol. The first kappa shape index (κ1) is 20.3. The molecule has 1 fully saturated rings. The molecule has 0 unspecified atom stereocenters. The Morgan fingerprint density at radius 2 is 2.03 bits per heavy atom. The van der Waals surface area contributed by atoms with Crippen LogP contribution in [0.1, 0.15) is 44.9 Å². The highest BCUT2D eigenvalue weighted by atomic mass is 19.1. The molecule has 3 aromatic rings. The molecule has 1 amide bonds. The molecule has 0 aliphatic heterocycles. The molecule has 4 rings (SSSR count). The van der Waals surface area contributed by atoms with Gasteiger partial charge >= 0.3 is 0 Å². The molecular formula is C22H26FN5O2. The van der Waals surface area contributed by atoms with Gasteiger partial charge in [-0.05, 0) is 30.5 Å². The molecule has 0 saturated heterocycles. The molecule has 30 heavy (non-hydrogen) atoms. The number of aromatic nitrogens is 4. The number of halogens is 1. The van der Waals surface area contributed by atoms with Gasteiger partial charge in [0.05, 0.1) is 6.54 Å². The van der Waals surface area contributed by atoms with Crippen LogP contribution in [-0.2, 0) is 4.79 Å². The number of carbonyl (C=O) groups excluding carboxylic acids is 1. The predicted molar refractivity (Wildman–Crippen MR) is 110 cm³/mol. The summed E-state index contributed by atoms with van der Waals surface area (Å²) in [6.45, 7) is 0.729. The van der Waals surface area contributed by atoms with Crippen LogP contribution in [0.2, 0.25) is 0 Å². The summed E-state index contributed by atoms with van der Waals surface area (Å²) < 4.78 is 20.7. The zero-order valence-electron chi connectivity index (χ0n) is 16.9. The van der Waals surface area contributed by atoms with Crippen LogP contribution in [0.15, 0.2) is 36.4 Å². The maximum atomic E-state index is 13.5. The standard InChI is InChI=1S/C22H26FN5O2/c23-18-8-4-7-17(15-18)22-26-25-19-10-12-21(27-28(19)22)30-14-13-24-20(29)11-9-16-5-2-1-3-6-16/h4,7-8,10,12,15-16H,1-3,5-6,9,11,13-14H2,(H,24,29). The molecule has 0 atom stereocenters. The number of amides is 1. The van der Waals surface area contributed by atoms with Gasteiger partial charge in [0.25, 0.3) is 0 Å². The van der Waals surface area contributed by atoms with Gasteiger partial charge in [-0.3, -0.25) is 4.79 Å². The van der Waals surface area contributed by atoms with Crippen molar-refractivity contribution in [3.8, 4) is 17.3 Å². The molecule has 1 aliphatic rings. The number of benzene rings is 1. The summed E-state index contributed by atoms with van der Waals surface area (Å²) in [5, 5.41) is 15.5. The molecule has 2 heterocycles. The number of hydrogen-bond acceptors (Lipinski definition) is 5. The molecule has 1 aromatic carbocycles. The van der Waals surface area contributed by atoms with E-state index in [0.717, 1.165) is 6.42 Å². The van der Waals surface area contributed by atoms with Gasteiger partial charge in [0.15, 0.2) is 11.5 Å². The van der Waals surface area contributed by atoms with Gasteiger partial charge in [0.1, 0.15) is 12.4 Å². The van der Waals surface area contributed by atoms with Gasteiger partial charge in [-0.25, -0.2) is 4.39 Å². The van der Waals surface area contributed by atoms with Gasteiger partial charge in [-0.1, -0.05) is 44.2 Å². The number of rotatable bonds is 8. The summed E-state index contributed by atoms with van der Waals surface area (Å²) in [6, 6.07) is 9.55. The van der Waals surface area contributed by atoms with E-state index < -0.39 is 0 Å². The molecule has 8 heteroatoms. The number of nitrogens with zero attached hydrogens (tertiary/aromatic N) is 4. The number of ether oxygens (including phenoxy) is 1. The molecule has 1 N–H and O–H groups in total. The Morgan fingerprint density at radius 1 is 1.17 bits per heavy atom. The highest BCUT2D eigenvalue weighted by molar-refractivity contribution is 5.75. The van der Waals surface area contributed by atoms with Crippen molar-refractivity contribution in [1.82, 2.24) is 25.1 Å². The monoisotopic (exact) mass is 411 g/mol. The zero-order valence-corrected chi connectivity index (χ0v) is 16.9. The number of fused-ring (bicyclic) bond motifs is 1. The Bertz CT molecular complexity index is 1000. The van der Waals surface area contributed by atoms with Crippen LogP contribution in [0.3, 0.4) is 0 Å². The van der Waals surface area contributed by atoms with Crippen LogP contribution in [0.25, 0.3) is 17.0 Å². The summed E-state index contributed by atoms with van der Waals surface area (Å²) >= 11 is 0. The molecule has 158 valence electrons. The number of nitrogens with one attached hydrogen (secondary N) is 1. The second-order valence-electron chi connectivity index (χ2n) is 7.72. The normalized spacial score (nSPS) is 14.7. The van der Waals surface area contributed by atoms with Crippen LogP contribution < -0.4 is 10.1 Å². The predicted octanol–water partition coefficient (Wildman–Crippen LogP) is 3.79. The zero-order chi connectivity index (χ0) is 20.8. The fourth-order valence-electron chi connectivity index (χ4n) is 3.90. The Balaban J connectivity index is 1.28. The SMILES string of the molecule is O=C(CCC1CCCCC1)NCCOc1ccc2nnc(-c3cccc(F)c3)n2n1. The van der Waals surface area contributed by atoms with E-state index in [4.69, 9.17) is 4.74 Å². The third-order valence-corrected chi connectivity index (χ3v) is 5.50. The molecule has 1 saturated carbocycles. The van der Waals surface area contributed by atoms with Crippen molar-refractivity contribution in [3.63, 3.8) is 0 Å². The fourth-order valence-corrected chi connectivity index (χ4v) is 3.90. The average molecular weight is 411 g/mol. The summed E-state index contributed by atoms with van der Waals surface area (Å²) in [5.41, 5.74) is 1.12. The minimum absolute atomic E-state index is 0.0692. The molecule has 0 bridgehead atoms. The van der Waals surface area contributed by atoms with E-state index in [0.29, 0.717) is 48.4 Å². The van der Waals surface area contributed by atoms with E-state index in [2.05, 4.69) is 20.6 Å². The van der Waals surface area contributed by atoms with Crippen molar-refractivity contribution in [2.24, 2.45) is 5.92 Å². The van der Waals surface area contributed by atoms with Crippen molar-refractivity contribution in [1.29, 1.82) is 0 Å². The van der Waals surface area contributed by atoms with Gasteiger partial charge in [0, 0.05) is 18.1 Å². The minimum atomic E-state index is -0.351. The fraction of sp³-hybridized carbons (Fsp3) is 0.455. The lowest BCUT2D eigenvalue weighted by atomic mass is 9.86. The van der Waals surface area contributed by atoms with Crippen molar-refractivity contribution < 1.29 is 13.9 Å². The molecule has 7 nitrogen and oxygen atoms in total. The Kier molecular flexibility index (Phi) is 6.51. The summed E-state index contributed by atoms with van der Waals surface area (Å²) in [4.78, 5) is 12.0. The topological polar surface area (TPSA) is 81.4 Å². The van der Waals surface area contributed by atoms with Crippen LogP contribution in [0.5, 0.6) is 5.88 Å². The van der Waals surface area contributed by atoms with Crippen LogP contribution in [-0.4, -0.2) is 38.9 Å². The largest absolute Gasteiger partial charge is 0.475 e. The second kappa shape index (κ2) is 9.65. The number of carbonyl (C=O) groups is 1. The second-order valence-corrected chi connectivity index (χ2v) is 7.72. The number of hydrogen-bond donors (Lipinski definition) is 1. The summed E-state index contributed by atoms with van der Waals surface area (Å²) in [7, 11) is 0. The first-order valence-electron chi connectivity index (χ1n) is 10.6. The van der Waals surface area contributed by atoms with Crippen LogP contribution in [0.4, 0.5) is 4.39 Å². The maximum Gasteiger partial charge on any atom is 0.231 e. The smallest absolute Gasteiger partial charge is 0.231 e. The van der Waals surface area contributed by atoms with Crippen LogP contribution >= 0.6 is 0 Å². The van der Waals surface area contributed by atoms with Crippen molar-refractivity contribution in [2.75, 3.05) is 13.2 Å². The molecule has 0 spiro atoms. The van der Waals surface area contributed by atoms with Crippen molar-refractivity contribution >= 4 is 11.6 Å². The van der Waals surface area contributed by atoms with Crippen molar-refractivity contribution in [2.45, 2.75) is 44.9 Å². The van der Waals surface area contributed by atoms with E-state index in [1.807, 2.05) is 0 Å². The quantitative estimate of drug-likeness (QED) is 0.571. The highest BCUT2D eigenvalue weighted by Crippen LogP contribution is 2.27. The van der Waals surface area contributed by atoms with E-state index in [9.17, 15) is 9.18 Å². The molecule has 0 radical (unpaired) electrons. The lowest BCUT2D eigenvalue weighted by Gasteiger charge is -2.20. The lowest BCUT2D eigenvalue weighted by Crippen LogP contribution is -2.28. The maximum absolute atomic E-state index is 13.5. The minimum Gasteiger partial charge on any atom is -0.475 e. The van der Waals surface area contributed by atoms with E-state index in [-0.39, 0.29) is 11.7 Å². The summed E-state index contributed by atoms with van der Waals surface area (Å²) in [6.07, 6.45) is 7.98. The highest BCUT2D eigenvalue weighted by Gasteiger charge is 2.15. The van der Waals surface area contributed by atoms with Gasteiger partial charge < -0.3 is 10.1 Å². The molecule has 2 aromatic heterocycles. The Labute approximate surface area is 174 Å². The van der Waals surface area contributed by atoms with Crippen molar-refractivity contribution in [3.05, 3.63) is 42.2 Å². The average Bonchev–Trinajstić information content (AvgIpc) is 3.19. The third kappa shape index (κ3) is 5.11. The molecule has 1 aliphatic carbocycles. The Morgan fingerprint density at radius 3 is 2.87 bits per heavy atom. The van der Waals surface area contributed by atoms with E-state index in [1.165, 1.54) is 48.8 Å². The Hall–Kier alpha value is -3.03. The first-order valence-corrected chi connectivity index (χ1v) is 10.6. The van der Waals surface area contributed by atoms with E-state index in [1.54, 1.807) is 24.3 Å². The first-order chi connectivity index (χ1) is 14.7. The van der Waals surface area contributed by atoms with E-state index >= 15 is 0 Å². The summed E-state index contributed by atoms with van der Waals surface area (Å²) in [5.74, 6) is 1.24. The van der Waals surface area contributed by atoms with Crippen LogP contribution in [0, 0.1) is 11.7 Å². The van der Waals surface area contributed by atoms with Gasteiger partial charge in [-0.2, -0.15) is 4.52 Å². The third-order valence-electron chi connectivity index (χ3n) is 5.50. The van der Waals surface area contributed by atoms with Gasteiger partial charge in [-0.15, -0.1) is 15.3 Å². The van der Waals surface area contributed by atoms with Gasteiger partial charge in [0.2, 0.25) is 11.8 Å². The lowest BCUT2D eigenvalue weighted by molar-refractivity contribution is -0.121.